The lowest BCUT2D eigenvalue weighted by molar-refractivity contribution is -0.145. The van der Waals surface area contributed by atoms with E-state index in [-0.39, 0.29) is 0 Å². The lowest BCUT2D eigenvalue weighted by Gasteiger charge is -1.97. The summed E-state index contributed by atoms with van der Waals surface area (Å²) < 4.78 is 0. The van der Waals surface area contributed by atoms with Crippen molar-refractivity contribution >= 4 is 5.97 Å². The van der Waals surface area contributed by atoms with Gasteiger partial charge in [-0.3, -0.25) is 4.98 Å². The van der Waals surface area contributed by atoms with E-state index in [4.69, 9.17) is 10.2 Å². The van der Waals surface area contributed by atoms with Gasteiger partial charge < -0.3 is 10.2 Å². The number of carboxylic acids is 1. The van der Waals surface area contributed by atoms with Crippen LogP contribution in [0, 0.1) is 0 Å². The van der Waals surface area contributed by atoms with Crippen LogP contribution >= 0.6 is 0 Å². The van der Waals surface area contributed by atoms with E-state index in [0.717, 1.165) is 11.3 Å². The predicted molar refractivity (Wildman–Crippen MR) is 69.0 cm³/mol. The number of hydrogen-bond donors (Lipinski definition) is 2. The normalized spacial score (nSPS) is 11.0. The molecule has 0 fully saturated rings. The molecular formula is C14H15NO3. The summed E-state index contributed by atoms with van der Waals surface area (Å²) in [4.78, 5) is 13.7. The topological polar surface area (TPSA) is 70.4 Å². The van der Waals surface area contributed by atoms with Crippen molar-refractivity contribution in [3.63, 3.8) is 0 Å². The van der Waals surface area contributed by atoms with Crippen molar-refractivity contribution in [2.75, 3.05) is 0 Å². The molecule has 4 heteroatoms. The Morgan fingerprint density at radius 1 is 1.11 bits per heavy atom. The van der Waals surface area contributed by atoms with Crippen LogP contribution < -0.4 is 0 Å². The van der Waals surface area contributed by atoms with Crippen LogP contribution in [0.1, 0.15) is 6.92 Å². The Kier molecular flexibility index (Phi) is 5.54. The summed E-state index contributed by atoms with van der Waals surface area (Å²) >= 11 is 0. The molecule has 0 bridgehead atoms. The zero-order valence-corrected chi connectivity index (χ0v) is 10.0. The first-order chi connectivity index (χ1) is 8.61. The molecule has 2 N–H and O–H groups in total. The number of aliphatic carboxylic acids is 1. The number of carboxylic acid groups (broad SMARTS) is 1. The molecule has 1 heterocycles. The quantitative estimate of drug-likeness (QED) is 0.851. The standard InChI is InChI=1S/C11H9N.C3H6O3/c1-2-6-10(7-3-1)11-8-4-5-9-12-11;1-2(4)3(5)6/h1-9H;2,4H,1H3,(H,5,6). The van der Waals surface area contributed by atoms with Gasteiger partial charge in [0.1, 0.15) is 6.10 Å². The van der Waals surface area contributed by atoms with Crippen LogP contribution in [0.2, 0.25) is 0 Å². The van der Waals surface area contributed by atoms with Gasteiger partial charge in [-0.05, 0) is 19.1 Å². The van der Waals surface area contributed by atoms with Crippen LogP contribution in [0.15, 0.2) is 54.7 Å². The molecule has 2 rings (SSSR count). The number of benzene rings is 1. The summed E-state index contributed by atoms with van der Waals surface area (Å²) in [6.45, 7) is 1.20. The number of pyridine rings is 1. The molecule has 4 nitrogen and oxygen atoms in total. The van der Waals surface area contributed by atoms with Crippen molar-refractivity contribution in [1.82, 2.24) is 4.98 Å². The van der Waals surface area contributed by atoms with Gasteiger partial charge in [-0.2, -0.15) is 0 Å². The van der Waals surface area contributed by atoms with Crippen LogP contribution in [0.5, 0.6) is 0 Å². The van der Waals surface area contributed by atoms with Gasteiger partial charge in [0.15, 0.2) is 0 Å². The zero-order valence-electron chi connectivity index (χ0n) is 10.0. The fraction of sp³-hybridized carbons (Fsp3) is 0.143. The molecule has 0 aliphatic rings. The van der Waals surface area contributed by atoms with E-state index in [2.05, 4.69) is 17.1 Å². The first kappa shape index (κ1) is 13.9. The third kappa shape index (κ3) is 4.76. The molecule has 1 aromatic heterocycles. The van der Waals surface area contributed by atoms with E-state index in [9.17, 15) is 4.79 Å². The maximum absolute atomic E-state index is 9.45. The second kappa shape index (κ2) is 7.19. The van der Waals surface area contributed by atoms with Crippen molar-refractivity contribution < 1.29 is 15.0 Å². The summed E-state index contributed by atoms with van der Waals surface area (Å²) in [6, 6.07) is 16.1. The molecule has 0 radical (unpaired) electrons. The molecule has 18 heavy (non-hydrogen) atoms. The van der Waals surface area contributed by atoms with Gasteiger partial charge in [-0.25, -0.2) is 4.79 Å². The lowest BCUT2D eigenvalue weighted by atomic mass is 10.1. The first-order valence-electron chi connectivity index (χ1n) is 5.48. The van der Waals surface area contributed by atoms with Gasteiger partial charge in [0.05, 0.1) is 5.69 Å². The van der Waals surface area contributed by atoms with E-state index in [0.29, 0.717) is 0 Å². The van der Waals surface area contributed by atoms with E-state index in [1.165, 1.54) is 6.92 Å². The maximum Gasteiger partial charge on any atom is 0.332 e. The molecule has 0 amide bonds. The van der Waals surface area contributed by atoms with E-state index >= 15 is 0 Å². The number of carbonyl (C=O) groups is 1. The van der Waals surface area contributed by atoms with Crippen LogP contribution in [-0.2, 0) is 4.79 Å². The third-order valence-electron chi connectivity index (χ3n) is 2.09. The first-order valence-corrected chi connectivity index (χ1v) is 5.48. The van der Waals surface area contributed by atoms with Crippen molar-refractivity contribution in [2.45, 2.75) is 13.0 Å². The minimum Gasteiger partial charge on any atom is -0.479 e. The highest BCUT2D eigenvalue weighted by atomic mass is 16.4. The summed E-state index contributed by atoms with van der Waals surface area (Å²) in [5.41, 5.74) is 2.19. The van der Waals surface area contributed by atoms with Gasteiger partial charge >= 0.3 is 5.97 Å². The Bertz CT molecular complexity index is 431. The summed E-state index contributed by atoms with van der Waals surface area (Å²) in [7, 11) is 0. The number of nitrogens with zero attached hydrogens (tertiary/aromatic N) is 1. The fourth-order valence-corrected chi connectivity index (χ4v) is 1.14. The molecule has 0 aliphatic heterocycles. The van der Waals surface area contributed by atoms with Gasteiger partial charge in [0, 0.05) is 11.8 Å². The predicted octanol–water partition coefficient (Wildman–Crippen LogP) is 2.20. The van der Waals surface area contributed by atoms with Gasteiger partial charge in [0.2, 0.25) is 0 Å². The minimum absolute atomic E-state index is 1.03. The Morgan fingerprint density at radius 2 is 1.67 bits per heavy atom. The molecular weight excluding hydrogens is 230 g/mol. The second-order valence-corrected chi connectivity index (χ2v) is 3.60. The highest BCUT2D eigenvalue weighted by molar-refractivity contribution is 5.71. The van der Waals surface area contributed by atoms with Gasteiger partial charge in [-0.1, -0.05) is 36.4 Å². The Hall–Kier alpha value is -2.20. The number of aromatic nitrogens is 1. The molecule has 0 spiro atoms. The van der Waals surface area contributed by atoms with Crippen molar-refractivity contribution in [3.05, 3.63) is 54.7 Å². The third-order valence-corrected chi connectivity index (χ3v) is 2.09. The second-order valence-electron chi connectivity index (χ2n) is 3.60. The number of hydrogen-bond acceptors (Lipinski definition) is 3. The molecule has 0 saturated heterocycles. The van der Waals surface area contributed by atoms with E-state index < -0.39 is 12.1 Å². The largest absolute Gasteiger partial charge is 0.479 e. The molecule has 1 unspecified atom stereocenters. The average Bonchev–Trinajstić information content (AvgIpc) is 2.41. The Balaban J connectivity index is 0.000000232. The number of aliphatic hydroxyl groups is 1. The monoisotopic (exact) mass is 245 g/mol. The maximum atomic E-state index is 9.45. The smallest absolute Gasteiger partial charge is 0.332 e. The lowest BCUT2D eigenvalue weighted by Crippen LogP contribution is -2.13. The van der Waals surface area contributed by atoms with Gasteiger partial charge in [0.25, 0.3) is 0 Å². The highest BCUT2D eigenvalue weighted by Crippen LogP contribution is 2.14. The minimum atomic E-state index is -1.23. The summed E-state index contributed by atoms with van der Waals surface area (Å²) in [5.74, 6) is -1.19. The molecule has 1 aromatic carbocycles. The van der Waals surface area contributed by atoms with Crippen LogP contribution in [0.3, 0.4) is 0 Å². The van der Waals surface area contributed by atoms with Crippen LogP contribution in [0.4, 0.5) is 0 Å². The zero-order chi connectivity index (χ0) is 13.4. The fourth-order valence-electron chi connectivity index (χ4n) is 1.14. The summed E-state index contributed by atoms with van der Waals surface area (Å²) in [6.07, 6.45) is 0.576. The number of rotatable bonds is 2. The highest BCUT2D eigenvalue weighted by Gasteiger charge is 2.01. The molecule has 94 valence electrons. The summed E-state index contributed by atoms with van der Waals surface area (Å²) in [5, 5.41) is 15.8. The van der Waals surface area contributed by atoms with Crippen LogP contribution in [-0.4, -0.2) is 27.3 Å². The molecule has 0 saturated carbocycles. The van der Waals surface area contributed by atoms with E-state index in [1.807, 2.05) is 42.6 Å². The van der Waals surface area contributed by atoms with E-state index in [1.54, 1.807) is 0 Å². The van der Waals surface area contributed by atoms with Crippen molar-refractivity contribution in [3.8, 4) is 11.3 Å². The Labute approximate surface area is 106 Å². The molecule has 0 aliphatic carbocycles. The van der Waals surface area contributed by atoms with Gasteiger partial charge in [-0.15, -0.1) is 0 Å². The average molecular weight is 245 g/mol. The molecule has 1 atom stereocenters. The SMILES string of the molecule is CC(O)C(=O)O.c1ccc(-c2ccccn2)cc1. The van der Waals surface area contributed by atoms with Crippen LogP contribution in [0.25, 0.3) is 11.3 Å². The molecule has 2 aromatic rings. The Morgan fingerprint density at radius 3 is 2.11 bits per heavy atom. The van der Waals surface area contributed by atoms with Crippen molar-refractivity contribution in [2.24, 2.45) is 0 Å². The number of aliphatic hydroxyl groups excluding tert-OH is 1. The van der Waals surface area contributed by atoms with Crippen molar-refractivity contribution in [1.29, 1.82) is 0 Å².